The molecule has 0 unspecified atom stereocenters. The van der Waals surface area contributed by atoms with Crippen LogP contribution in [0, 0.1) is 5.82 Å². The summed E-state index contributed by atoms with van der Waals surface area (Å²) in [4.78, 5) is 25.8. The highest BCUT2D eigenvalue weighted by Gasteiger charge is 2.49. The molecule has 1 heterocycles. The number of nitrogens with one attached hydrogen (secondary N) is 1. The van der Waals surface area contributed by atoms with Crippen LogP contribution >= 0.6 is 11.6 Å². The molecule has 0 aliphatic heterocycles. The van der Waals surface area contributed by atoms with Gasteiger partial charge in [-0.1, -0.05) is 29.8 Å². The fourth-order valence-electron chi connectivity index (χ4n) is 3.07. The van der Waals surface area contributed by atoms with Crippen molar-refractivity contribution in [2.24, 2.45) is 0 Å². The SMILES string of the molecule is CC(C)(O)[C@H](NC(=O)c1cc(-c2ccc(Cl)cc2)nn(-c2cccc(F)c2)c1=O)C(F)(F)F. The number of alkyl halides is 3. The van der Waals surface area contributed by atoms with E-state index in [1.54, 1.807) is 5.32 Å². The van der Waals surface area contributed by atoms with Crippen molar-refractivity contribution in [3.05, 3.63) is 81.4 Å². The van der Waals surface area contributed by atoms with E-state index in [0.717, 1.165) is 32.0 Å². The number of benzene rings is 2. The van der Waals surface area contributed by atoms with Crippen LogP contribution in [0.1, 0.15) is 24.2 Å². The van der Waals surface area contributed by atoms with Gasteiger partial charge in [0.05, 0.1) is 17.0 Å². The third kappa shape index (κ3) is 5.58. The van der Waals surface area contributed by atoms with Crippen molar-refractivity contribution < 1.29 is 27.5 Å². The Bertz CT molecular complexity index is 1220. The Morgan fingerprint density at radius 3 is 2.30 bits per heavy atom. The van der Waals surface area contributed by atoms with Crippen molar-refractivity contribution in [1.82, 2.24) is 15.1 Å². The highest BCUT2D eigenvalue weighted by molar-refractivity contribution is 6.30. The molecule has 2 N–H and O–H groups in total. The lowest BCUT2D eigenvalue weighted by Gasteiger charge is -2.31. The molecule has 1 amide bonds. The van der Waals surface area contributed by atoms with E-state index in [1.165, 1.54) is 36.4 Å². The molecule has 3 aromatic rings. The second-order valence-electron chi connectivity index (χ2n) is 7.75. The van der Waals surface area contributed by atoms with Crippen LogP contribution < -0.4 is 10.9 Å². The van der Waals surface area contributed by atoms with Gasteiger partial charge in [0.15, 0.2) is 6.04 Å². The van der Waals surface area contributed by atoms with Crippen molar-refractivity contribution in [3.8, 4) is 16.9 Å². The van der Waals surface area contributed by atoms with E-state index in [-0.39, 0.29) is 11.4 Å². The highest BCUT2D eigenvalue weighted by Crippen LogP contribution is 2.28. The van der Waals surface area contributed by atoms with E-state index in [4.69, 9.17) is 11.6 Å². The van der Waals surface area contributed by atoms with Crippen molar-refractivity contribution >= 4 is 17.5 Å². The van der Waals surface area contributed by atoms with Crippen molar-refractivity contribution in [2.75, 3.05) is 0 Å². The molecule has 11 heteroatoms. The summed E-state index contributed by atoms with van der Waals surface area (Å²) in [6.07, 6.45) is -5.00. The molecular weight excluding hydrogens is 466 g/mol. The van der Waals surface area contributed by atoms with E-state index in [1.807, 2.05) is 0 Å². The van der Waals surface area contributed by atoms with Crippen LogP contribution in [0.3, 0.4) is 0 Å². The first kappa shape index (κ1) is 24.4. The predicted octanol–water partition coefficient (Wildman–Crippen LogP) is 4.12. The van der Waals surface area contributed by atoms with Gasteiger partial charge in [0.25, 0.3) is 11.5 Å². The molecule has 0 saturated heterocycles. The molecule has 0 radical (unpaired) electrons. The van der Waals surface area contributed by atoms with Gasteiger partial charge in [-0.05, 0) is 50.2 Å². The largest absolute Gasteiger partial charge is 0.411 e. The van der Waals surface area contributed by atoms with Crippen LogP contribution in [0.4, 0.5) is 17.6 Å². The maximum atomic E-state index is 13.8. The monoisotopic (exact) mass is 483 g/mol. The molecular formula is C22H18ClF4N3O3. The second kappa shape index (κ2) is 8.95. The van der Waals surface area contributed by atoms with Gasteiger partial charge in [0.2, 0.25) is 0 Å². The maximum absolute atomic E-state index is 13.8. The number of amides is 1. The average molecular weight is 484 g/mol. The summed E-state index contributed by atoms with van der Waals surface area (Å²) in [5, 5.41) is 16.1. The van der Waals surface area contributed by atoms with Crippen LogP contribution in [0.25, 0.3) is 16.9 Å². The third-order valence-electron chi connectivity index (χ3n) is 4.66. The molecule has 0 bridgehead atoms. The Labute approximate surface area is 190 Å². The number of carbonyl (C=O) groups excluding carboxylic acids is 1. The number of aliphatic hydroxyl groups is 1. The standard InChI is InChI=1S/C22H18ClF4N3O3/c1-21(2,33)20(22(25,26)27)28-18(31)16-11-17(12-6-8-13(23)9-7-12)29-30(19(16)32)15-5-3-4-14(24)10-15/h3-11,20,33H,1-2H3,(H,28,31)/t20-/m0/s1. The normalized spacial score (nSPS) is 13.0. The van der Waals surface area contributed by atoms with Crippen LogP contribution in [-0.2, 0) is 0 Å². The van der Waals surface area contributed by atoms with Crippen molar-refractivity contribution in [3.63, 3.8) is 0 Å². The minimum absolute atomic E-state index is 0.0419. The van der Waals surface area contributed by atoms with Gasteiger partial charge in [-0.15, -0.1) is 0 Å². The zero-order valence-corrected chi connectivity index (χ0v) is 18.1. The lowest BCUT2D eigenvalue weighted by Crippen LogP contribution is -2.58. The first-order valence-electron chi connectivity index (χ1n) is 9.53. The first-order chi connectivity index (χ1) is 15.3. The molecule has 0 aliphatic carbocycles. The average Bonchev–Trinajstić information content (AvgIpc) is 2.71. The number of halogens is 5. The fourth-order valence-corrected chi connectivity index (χ4v) is 3.20. The topological polar surface area (TPSA) is 84.2 Å². The number of aromatic nitrogens is 2. The van der Waals surface area contributed by atoms with E-state index in [0.29, 0.717) is 15.3 Å². The second-order valence-corrected chi connectivity index (χ2v) is 8.19. The summed E-state index contributed by atoms with van der Waals surface area (Å²) in [5.74, 6) is -2.07. The molecule has 174 valence electrons. The van der Waals surface area contributed by atoms with E-state index in [2.05, 4.69) is 5.10 Å². The molecule has 3 rings (SSSR count). The Kier molecular flexibility index (Phi) is 6.62. The molecule has 33 heavy (non-hydrogen) atoms. The summed E-state index contributed by atoms with van der Waals surface area (Å²) < 4.78 is 54.8. The lowest BCUT2D eigenvalue weighted by molar-refractivity contribution is -0.192. The first-order valence-corrected chi connectivity index (χ1v) is 9.91. The Morgan fingerprint density at radius 2 is 1.76 bits per heavy atom. The molecule has 0 spiro atoms. The zero-order valence-electron chi connectivity index (χ0n) is 17.3. The fraction of sp³-hybridized carbons (Fsp3) is 0.227. The van der Waals surface area contributed by atoms with Crippen molar-refractivity contribution in [2.45, 2.75) is 31.7 Å². The number of hydrogen-bond acceptors (Lipinski definition) is 4. The molecule has 6 nitrogen and oxygen atoms in total. The summed E-state index contributed by atoms with van der Waals surface area (Å²) in [7, 11) is 0. The van der Waals surface area contributed by atoms with Gasteiger partial charge < -0.3 is 10.4 Å². The highest BCUT2D eigenvalue weighted by atomic mass is 35.5. The smallest absolute Gasteiger partial charge is 0.388 e. The summed E-state index contributed by atoms with van der Waals surface area (Å²) in [6, 6.07) is 9.22. The van der Waals surface area contributed by atoms with E-state index >= 15 is 0 Å². The van der Waals surface area contributed by atoms with E-state index < -0.39 is 40.7 Å². The van der Waals surface area contributed by atoms with Crippen LogP contribution in [0.2, 0.25) is 5.02 Å². The van der Waals surface area contributed by atoms with Gasteiger partial charge in [0, 0.05) is 10.6 Å². The number of rotatable bonds is 5. The lowest BCUT2D eigenvalue weighted by atomic mass is 9.98. The molecule has 1 atom stereocenters. The zero-order chi connectivity index (χ0) is 24.6. The Morgan fingerprint density at radius 1 is 1.12 bits per heavy atom. The third-order valence-corrected chi connectivity index (χ3v) is 4.91. The minimum Gasteiger partial charge on any atom is -0.388 e. The number of hydrogen-bond donors (Lipinski definition) is 2. The molecule has 0 saturated carbocycles. The summed E-state index contributed by atoms with van der Waals surface area (Å²) in [5.41, 5.74) is -3.73. The molecule has 2 aromatic carbocycles. The Balaban J connectivity index is 2.18. The Hall–Kier alpha value is -3.24. The summed E-state index contributed by atoms with van der Waals surface area (Å²) >= 11 is 5.88. The van der Waals surface area contributed by atoms with E-state index in [9.17, 15) is 32.3 Å². The molecule has 0 fully saturated rings. The minimum atomic E-state index is -5.00. The number of nitrogens with zero attached hydrogens (tertiary/aromatic N) is 2. The van der Waals surface area contributed by atoms with Gasteiger partial charge in [-0.25, -0.2) is 4.39 Å². The predicted molar refractivity (Wildman–Crippen MR) is 114 cm³/mol. The van der Waals surface area contributed by atoms with Gasteiger partial charge in [0.1, 0.15) is 11.4 Å². The van der Waals surface area contributed by atoms with Crippen LogP contribution in [0.5, 0.6) is 0 Å². The van der Waals surface area contributed by atoms with Crippen LogP contribution in [-0.4, -0.2) is 38.6 Å². The molecule has 0 aliphatic rings. The number of carbonyl (C=O) groups is 1. The van der Waals surface area contributed by atoms with Crippen LogP contribution in [0.15, 0.2) is 59.4 Å². The van der Waals surface area contributed by atoms with Gasteiger partial charge in [-0.3, -0.25) is 9.59 Å². The summed E-state index contributed by atoms with van der Waals surface area (Å²) in [6.45, 7) is 1.75. The van der Waals surface area contributed by atoms with Crippen molar-refractivity contribution in [1.29, 1.82) is 0 Å². The van der Waals surface area contributed by atoms with Gasteiger partial charge >= 0.3 is 6.18 Å². The molecule has 1 aromatic heterocycles. The maximum Gasteiger partial charge on any atom is 0.411 e. The quantitative estimate of drug-likeness (QED) is 0.535. The van der Waals surface area contributed by atoms with Gasteiger partial charge in [-0.2, -0.15) is 23.0 Å².